The molecule has 1 aliphatic carbocycles. The van der Waals surface area contributed by atoms with Crippen molar-refractivity contribution in [2.45, 2.75) is 44.6 Å². The average molecular weight is 456 g/mol. The average Bonchev–Trinajstić information content (AvgIpc) is 3.53. The van der Waals surface area contributed by atoms with Crippen LogP contribution in [0.1, 0.15) is 53.9 Å². The molecule has 1 saturated heterocycles. The standard InChI is InChI=1S/C25H26F2N2O4/c1-31-22-11-18(12-23(33-25(26)27)24(22)21(30)10-15-2-3-15)19-13-28-29-14-17(4-5-20(19)29)16-6-8-32-9-7-16/h4-5,11-16,25H,2-3,6-10H2,1H3. The second kappa shape index (κ2) is 9.09. The number of methoxy groups -OCH3 is 1. The van der Waals surface area contributed by atoms with Gasteiger partial charge in [0.2, 0.25) is 0 Å². The molecule has 8 heteroatoms. The molecule has 1 aliphatic heterocycles. The molecule has 1 aromatic carbocycles. The molecule has 0 unspecified atom stereocenters. The molecule has 2 aliphatic rings. The van der Waals surface area contributed by atoms with E-state index in [2.05, 4.69) is 11.2 Å². The van der Waals surface area contributed by atoms with E-state index in [9.17, 15) is 13.6 Å². The maximum atomic E-state index is 13.2. The Balaban J connectivity index is 1.54. The maximum Gasteiger partial charge on any atom is 0.387 e. The number of Topliss-reactive ketones (excluding diaryl/α,β-unsaturated/α-hetero) is 1. The van der Waals surface area contributed by atoms with E-state index in [4.69, 9.17) is 14.2 Å². The van der Waals surface area contributed by atoms with Crippen molar-refractivity contribution in [2.24, 2.45) is 5.92 Å². The molecule has 2 fully saturated rings. The molecule has 2 aromatic heterocycles. The predicted molar refractivity (Wildman–Crippen MR) is 118 cm³/mol. The van der Waals surface area contributed by atoms with Crippen molar-refractivity contribution in [1.29, 1.82) is 0 Å². The lowest BCUT2D eigenvalue weighted by Gasteiger charge is -2.22. The Morgan fingerprint density at radius 2 is 1.94 bits per heavy atom. The minimum Gasteiger partial charge on any atom is -0.496 e. The van der Waals surface area contributed by atoms with E-state index >= 15 is 0 Å². The SMILES string of the molecule is COc1cc(-c2cnn3cc(C4CCOCC4)ccc23)cc(OC(F)F)c1C(=O)CC1CC1. The lowest BCUT2D eigenvalue weighted by molar-refractivity contribution is -0.0502. The van der Waals surface area contributed by atoms with Gasteiger partial charge in [-0.15, -0.1) is 0 Å². The third kappa shape index (κ3) is 4.57. The molecule has 0 radical (unpaired) electrons. The quantitative estimate of drug-likeness (QED) is 0.420. The summed E-state index contributed by atoms with van der Waals surface area (Å²) in [5.41, 5.74) is 3.44. The van der Waals surface area contributed by atoms with E-state index in [1.165, 1.54) is 18.7 Å². The van der Waals surface area contributed by atoms with Gasteiger partial charge in [0.15, 0.2) is 5.78 Å². The summed E-state index contributed by atoms with van der Waals surface area (Å²) < 4.78 is 43.9. The number of aromatic nitrogens is 2. The van der Waals surface area contributed by atoms with Crippen LogP contribution in [0.5, 0.6) is 11.5 Å². The first-order valence-electron chi connectivity index (χ1n) is 11.3. The van der Waals surface area contributed by atoms with Gasteiger partial charge in [0.1, 0.15) is 17.1 Å². The molecule has 3 aromatic rings. The number of carbonyl (C=O) groups excluding carboxylic acids is 1. The summed E-state index contributed by atoms with van der Waals surface area (Å²) in [7, 11) is 1.43. The highest BCUT2D eigenvalue weighted by atomic mass is 19.3. The summed E-state index contributed by atoms with van der Waals surface area (Å²) in [5, 5.41) is 4.49. The summed E-state index contributed by atoms with van der Waals surface area (Å²) in [6.07, 6.45) is 7.92. The van der Waals surface area contributed by atoms with E-state index in [-0.39, 0.29) is 22.8 Å². The van der Waals surface area contributed by atoms with E-state index in [1.807, 2.05) is 12.3 Å². The Hall–Kier alpha value is -3.00. The van der Waals surface area contributed by atoms with Gasteiger partial charge in [0.25, 0.3) is 0 Å². The van der Waals surface area contributed by atoms with E-state index in [1.54, 1.807) is 16.8 Å². The summed E-state index contributed by atoms with van der Waals surface area (Å²) in [6, 6.07) is 7.25. The van der Waals surface area contributed by atoms with Crippen LogP contribution < -0.4 is 9.47 Å². The van der Waals surface area contributed by atoms with Crippen molar-refractivity contribution in [3.05, 3.63) is 47.8 Å². The van der Waals surface area contributed by atoms with Crippen LogP contribution in [0.3, 0.4) is 0 Å². The highest BCUT2D eigenvalue weighted by Gasteiger charge is 2.30. The van der Waals surface area contributed by atoms with Crippen LogP contribution in [0.4, 0.5) is 8.78 Å². The summed E-state index contributed by atoms with van der Waals surface area (Å²) >= 11 is 0. The normalized spacial score (nSPS) is 17.0. The second-order valence-electron chi connectivity index (χ2n) is 8.74. The first-order chi connectivity index (χ1) is 16.0. The number of pyridine rings is 1. The molecule has 0 spiro atoms. The van der Waals surface area contributed by atoms with Crippen molar-refractivity contribution in [3.8, 4) is 22.6 Å². The predicted octanol–water partition coefficient (Wildman–Crippen LogP) is 5.49. The highest BCUT2D eigenvalue weighted by molar-refractivity contribution is 6.02. The van der Waals surface area contributed by atoms with Gasteiger partial charge in [-0.1, -0.05) is 6.07 Å². The second-order valence-corrected chi connectivity index (χ2v) is 8.74. The van der Waals surface area contributed by atoms with Gasteiger partial charge in [0, 0.05) is 31.4 Å². The van der Waals surface area contributed by atoms with Gasteiger partial charge in [-0.25, -0.2) is 4.52 Å². The van der Waals surface area contributed by atoms with Crippen LogP contribution in [-0.4, -0.2) is 42.3 Å². The molecule has 0 bridgehead atoms. The Labute approximate surface area is 190 Å². The van der Waals surface area contributed by atoms with Crippen molar-refractivity contribution in [2.75, 3.05) is 20.3 Å². The van der Waals surface area contributed by atoms with Crippen LogP contribution >= 0.6 is 0 Å². The monoisotopic (exact) mass is 456 g/mol. The van der Waals surface area contributed by atoms with E-state index in [0.29, 0.717) is 23.8 Å². The van der Waals surface area contributed by atoms with E-state index < -0.39 is 6.61 Å². The molecular formula is C25H26F2N2O4. The van der Waals surface area contributed by atoms with Crippen LogP contribution in [0.25, 0.3) is 16.6 Å². The van der Waals surface area contributed by atoms with Gasteiger partial charge in [-0.05, 0) is 66.8 Å². The zero-order chi connectivity index (χ0) is 22.9. The molecule has 33 heavy (non-hydrogen) atoms. The first kappa shape index (κ1) is 21.8. The fraction of sp³-hybridized carbons (Fsp3) is 0.440. The fourth-order valence-corrected chi connectivity index (χ4v) is 4.55. The Bertz CT molecular complexity index is 1170. The van der Waals surface area contributed by atoms with E-state index in [0.717, 1.165) is 50.0 Å². The number of nitrogens with zero attached hydrogens (tertiary/aromatic N) is 2. The molecule has 3 heterocycles. The topological polar surface area (TPSA) is 62.1 Å². The largest absolute Gasteiger partial charge is 0.496 e. The number of carbonyl (C=O) groups is 1. The van der Waals surface area contributed by atoms with Crippen LogP contribution in [-0.2, 0) is 4.74 Å². The van der Waals surface area contributed by atoms with Crippen molar-refractivity contribution in [1.82, 2.24) is 9.61 Å². The number of halogens is 2. The third-order valence-corrected chi connectivity index (χ3v) is 6.49. The number of ketones is 1. The fourth-order valence-electron chi connectivity index (χ4n) is 4.55. The highest BCUT2D eigenvalue weighted by Crippen LogP contribution is 2.41. The number of hydrogen-bond donors (Lipinski definition) is 0. The number of hydrogen-bond acceptors (Lipinski definition) is 5. The van der Waals surface area contributed by atoms with Crippen LogP contribution in [0.15, 0.2) is 36.7 Å². The molecule has 0 atom stereocenters. The smallest absolute Gasteiger partial charge is 0.387 e. The summed E-state index contributed by atoms with van der Waals surface area (Å²) in [5.74, 6) is 0.567. The molecule has 1 saturated carbocycles. The van der Waals surface area contributed by atoms with Crippen LogP contribution in [0, 0.1) is 5.92 Å². The lowest BCUT2D eigenvalue weighted by Crippen LogP contribution is -2.14. The van der Waals surface area contributed by atoms with Crippen molar-refractivity contribution < 1.29 is 27.8 Å². The summed E-state index contributed by atoms with van der Waals surface area (Å²) in [6.45, 7) is -1.54. The number of fused-ring (bicyclic) bond motifs is 1. The molecule has 0 amide bonds. The number of benzene rings is 1. The maximum absolute atomic E-state index is 13.2. The zero-order valence-electron chi connectivity index (χ0n) is 18.4. The van der Waals surface area contributed by atoms with Gasteiger partial charge in [-0.3, -0.25) is 4.79 Å². The molecular weight excluding hydrogens is 430 g/mol. The van der Waals surface area contributed by atoms with Gasteiger partial charge in [-0.2, -0.15) is 13.9 Å². The van der Waals surface area contributed by atoms with Gasteiger partial charge < -0.3 is 14.2 Å². The Kier molecular flexibility index (Phi) is 6.01. The zero-order valence-corrected chi connectivity index (χ0v) is 18.4. The van der Waals surface area contributed by atoms with Crippen molar-refractivity contribution in [3.63, 3.8) is 0 Å². The Morgan fingerprint density at radius 1 is 1.18 bits per heavy atom. The number of rotatable bonds is 8. The number of ether oxygens (including phenoxy) is 3. The van der Waals surface area contributed by atoms with Crippen molar-refractivity contribution >= 4 is 11.3 Å². The number of alkyl halides is 2. The minimum absolute atomic E-state index is 0.0757. The summed E-state index contributed by atoms with van der Waals surface area (Å²) in [4.78, 5) is 12.8. The Morgan fingerprint density at radius 3 is 2.64 bits per heavy atom. The lowest BCUT2D eigenvalue weighted by atomic mass is 9.93. The minimum atomic E-state index is -3.05. The third-order valence-electron chi connectivity index (χ3n) is 6.49. The first-order valence-corrected chi connectivity index (χ1v) is 11.3. The van der Waals surface area contributed by atoms with Gasteiger partial charge >= 0.3 is 6.61 Å². The van der Waals surface area contributed by atoms with Crippen LogP contribution in [0.2, 0.25) is 0 Å². The molecule has 5 rings (SSSR count). The molecule has 174 valence electrons. The van der Waals surface area contributed by atoms with Gasteiger partial charge in [0.05, 0.1) is 18.8 Å². The molecule has 6 nitrogen and oxygen atoms in total. The molecule has 0 N–H and O–H groups in total.